The second kappa shape index (κ2) is 5.99. The van der Waals surface area contributed by atoms with Crippen LogP contribution in [0.25, 0.3) is 0 Å². The number of nitrogens with zero attached hydrogens (tertiary/aromatic N) is 3. The lowest BCUT2D eigenvalue weighted by molar-refractivity contribution is 0.328. The molecule has 1 aromatic carbocycles. The van der Waals surface area contributed by atoms with Crippen molar-refractivity contribution in [1.82, 2.24) is 9.97 Å². The third kappa shape index (κ3) is 2.63. The van der Waals surface area contributed by atoms with Gasteiger partial charge in [-0.25, -0.2) is 4.98 Å². The molecular weight excluding hydrogens is 264 g/mol. The van der Waals surface area contributed by atoms with Crippen LogP contribution in [0.5, 0.6) is 5.88 Å². The largest absolute Gasteiger partial charge is 0.476 e. The summed E-state index contributed by atoms with van der Waals surface area (Å²) in [5.74, 6) is 1.25. The Morgan fingerprint density at radius 2 is 2.10 bits per heavy atom. The summed E-state index contributed by atoms with van der Waals surface area (Å²) in [5, 5.41) is 0. The SMILES string of the molecule is CCOc1ncnc(N2CCCC2c2ccccc2)c1N. The van der Waals surface area contributed by atoms with Gasteiger partial charge in [0.15, 0.2) is 5.82 Å². The van der Waals surface area contributed by atoms with Crippen LogP contribution in [0, 0.1) is 0 Å². The van der Waals surface area contributed by atoms with Crippen LogP contribution in [0.15, 0.2) is 36.7 Å². The number of nitrogens with two attached hydrogens (primary N) is 1. The fourth-order valence-electron chi connectivity index (χ4n) is 2.89. The molecule has 1 saturated heterocycles. The molecule has 0 bridgehead atoms. The quantitative estimate of drug-likeness (QED) is 0.935. The molecule has 0 amide bonds. The first-order chi connectivity index (χ1) is 10.3. The van der Waals surface area contributed by atoms with Gasteiger partial charge in [0.1, 0.15) is 12.0 Å². The Hall–Kier alpha value is -2.30. The van der Waals surface area contributed by atoms with Gasteiger partial charge in [0.2, 0.25) is 5.88 Å². The molecule has 1 aliphatic rings. The third-order valence-corrected chi connectivity index (χ3v) is 3.82. The predicted octanol–water partition coefficient (Wildman–Crippen LogP) is 2.80. The molecule has 110 valence electrons. The summed E-state index contributed by atoms with van der Waals surface area (Å²) in [6.07, 6.45) is 3.77. The van der Waals surface area contributed by atoms with Crippen LogP contribution in [0.1, 0.15) is 31.4 Å². The van der Waals surface area contributed by atoms with Crippen molar-refractivity contribution in [2.75, 3.05) is 23.8 Å². The molecule has 1 unspecified atom stereocenters. The van der Waals surface area contributed by atoms with E-state index >= 15 is 0 Å². The molecule has 0 radical (unpaired) electrons. The number of rotatable bonds is 4. The fourth-order valence-corrected chi connectivity index (χ4v) is 2.89. The Kier molecular flexibility index (Phi) is 3.90. The first-order valence-electron chi connectivity index (χ1n) is 7.36. The summed E-state index contributed by atoms with van der Waals surface area (Å²) in [6, 6.07) is 10.8. The van der Waals surface area contributed by atoms with E-state index in [0.717, 1.165) is 25.2 Å². The van der Waals surface area contributed by atoms with Gasteiger partial charge in [0.25, 0.3) is 0 Å². The standard InChI is InChI=1S/C16H20N4O/c1-2-21-16-14(17)15(18-11-19-16)20-10-6-9-13(20)12-7-4-3-5-8-12/h3-5,7-8,11,13H,2,6,9-10,17H2,1H3. The van der Waals surface area contributed by atoms with Gasteiger partial charge in [-0.3, -0.25) is 0 Å². The first-order valence-corrected chi connectivity index (χ1v) is 7.36. The monoisotopic (exact) mass is 284 g/mol. The number of ether oxygens (including phenoxy) is 1. The predicted molar refractivity (Wildman–Crippen MR) is 83.4 cm³/mol. The fraction of sp³-hybridized carbons (Fsp3) is 0.375. The molecule has 5 heteroatoms. The van der Waals surface area contributed by atoms with Crippen molar-refractivity contribution in [3.8, 4) is 5.88 Å². The third-order valence-electron chi connectivity index (χ3n) is 3.82. The van der Waals surface area contributed by atoms with Crippen molar-refractivity contribution in [3.63, 3.8) is 0 Å². The number of hydrogen-bond acceptors (Lipinski definition) is 5. The smallest absolute Gasteiger partial charge is 0.242 e. The summed E-state index contributed by atoms with van der Waals surface area (Å²) in [5.41, 5.74) is 8.02. The van der Waals surface area contributed by atoms with Crippen LogP contribution in [-0.4, -0.2) is 23.1 Å². The Labute approximate surface area is 124 Å². The lowest BCUT2D eigenvalue weighted by Crippen LogP contribution is -2.25. The van der Waals surface area contributed by atoms with Crippen LogP contribution in [0.2, 0.25) is 0 Å². The van der Waals surface area contributed by atoms with Crippen LogP contribution >= 0.6 is 0 Å². The van der Waals surface area contributed by atoms with Crippen LogP contribution < -0.4 is 15.4 Å². The molecule has 3 rings (SSSR count). The maximum atomic E-state index is 6.20. The van der Waals surface area contributed by atoms with Crippen LogP contribution in [0.3, 0.4) is 0 Å². The molecule has 2 aromatic rings. The van der Waals surface area contributed by atoms with E-state index in [1.165, 1.54) is 11.9 Å². The highest BCUT2D eigenvalue weighted by Gasteiger charge is 2.29. The van der Waals surface area contributed by atoms with E-state index in [4.69, 9.17) is 10.5 Å². The number of hydrogen-bond donors (Lipinski definition) is 1. The molecule has 1 aromatic heterocycles. The summed E-state index contributed by atoms with van der Waals surface area (Å²) in [6.45, 7) is 3.42. The highest BCUT2D eigenvalue weighted by atomic mass is 16.5. The minimum atomic E-state index is 0.317. The molecule has 2 N–H and O–H groups in total. The van der Waals surface area contributed by atoms with Crippen molar-refractivity contribution >= 4 is 11.5 Å². The molecule has 5 nitrogen and oxygen atoms in total. The van der Waals surface area contributed by atoms with Gasteiger partial charge in [-0.05, 0) is 25.3 Å². The van der Waals surface area contributed by atoms with Crippen molar-refractivity contribution in [2.45, 2.75) is 25.8 Å². The zero-order valence-corrected chi connectivity index (χ0v) is 12.2. The van der Waals surface area contributed by atoms with Crippen LogP contribution in [-0.2, 0) is 0 Å². The molecule has 2 heterocycles. The Morgan fingerprint density at radius 1 is 1.29 bits per heavy atom. The van der Waals surface area contributed by atoms with Gasteiger partial charge in [-0.1, -0.05) is 30.3 Å². The number of benzene rings is 1. The Balaban J connectivity index is 1.94. The van der Waals surface area contributed by atoms with E-state index in [9.17, 15) is 0 Å². The Morgan fingerprint density at radius 3 is 2.86 bits per heavy atom. The van der Waals surface area contributed by atoms with Gasteiger partial charge >= 0.3 is 0 Å². The molecule has 1 aliphatic heterocycles. The zero-order chi connectivity index (χ0) is 14.7. The normalized spacial score (nSPS) is 18.0. The van der Waals surface area contributed by atoms with E-state index < -0.39 is 0 Å². The van der Waals surface area contributed by atoms with E-state index in [0.29, 0.717) is 24.2 Å². The highest BCUT2D eigenvalue weighted by Crippen LogP contribution is 2.39. The summed E-state index contributed by atoms with van der Waals surface area (Å²) in [7, 11) is 0. The topological polar surface area (TPSA) is 64.3 Å². The van der Waals surface area contributed by atoms with Crippen molar-refractivity contribution in [1.29, 1.82) is 0 Å². The van der Waals surface area contributed by atoms with E-state index in [-0.39, 0.29) is 0 Å². The number of nitrogen functional groups attached to an aromatic ring is 1. The van der Waals surface area contributed by atoms with E-state index in [1.807, 2.05) is 13.0 Å². The molecular formula is C16H20N4O. The van der Waals surface area contributed by atoms with E-state index in [2.05, 4.69) is 39.1 Å². The Bertz CT molecular complexity index is 602. The lowest BCUT2D eigenvalue weighted by Gasteiger charge is -2.27. The maximum absolute atomic E-state index is 6.20. The van der Waals surface area contributed by atoms with Crippen molar-refractivity contribution in [3.05, 3.63) is 42.2 Å². The zero-order valence-electron chi connectivity index (χ0n) is 12.2. The number of aromatic nitrogens is 2. The first kappa shape index (κ1) is 13.7. The van der Waals surface area contributed by atoms with Crippen LogP contribution in [0.4, 0.5) is 11.5 Å². The second-order valence-corrected chi connectivity index (χ2v) is 5.11. The average Bonchev–Trinajstić information content (AvgIpc) is 3.00. The summed E-state index contributed by atoms with van der Waals surface area (Å²) >= 11 is 0. The van der Waals surface area contributed by atoms with E-state index in [1.54, 1.807) is 0 Å². The summed E-state index contributed by atoms with van der Waals surface area (Å²) < 4.78 is 5.48. The summed E-state index contributed by atoms with van der Waals surface area (Å²) in [4.78, 5) is 10.8. The molecule has 0 spiro atoms. The molecule has 0 saturated carbocycles. The van der Waals surface area contributed by atoms with Crippen molar-refractivity contribution < 1.29 is 4.74 Å². The van der Waals surface area contributed by atoms with Gasteiger partial charge in [0.05, 0.1) is 12.6 Å². The highest BCUT2D eigenvalue weighted by molar-refractivity contribution is 5.68. The van der Waals surface area contributed by atoms with Crippen molar-refractivity contribution in [2.24, 2.45) is 0 Å². The van der Waals surface area contributed by atoms with Gasteiger partial charge in [0, 0.05) is 6.54 Å². The van der Waals surface area contributed by atoms with Gasteiger partial charge < -0.3 is 15.4 Å². The van der Waals surface area contributed by atoms with Gasteiger partial charge in [-0.2, -0.15) is 4.98 Å². The minimum Gasteiger partial charge on any atom is -0.476 e. The number of anilines is 2. The molecule has 21 heavy (non-hydrogen) atoms. The second-order valence-electron chi connectivity index (χ2n) is 5.11. The molecule has 1 atom stereocenters. The van der Waals surface area contributed by atoms with Gasteiger partial charge in [-0.15, -0.1) is 0 Å². The molecule has 1 fully saturated rings. The minimum absolute atomic E-state index is 0.317. The molecule has 0 aliphatic carbocycles. The maximum Gasteiger partial charge on any atom is 0.242 e. The average molecular weight is 284 g/mol. The lowest BCUT2D eigenvalue weighted by atomic mass is 10.0.